The van der Waals surface area contributed by atoms with E-state index >= 15 is 0 Å². The van der Waals surface area contributed by atoms with Crippen LogP contribution in [0.25, 0.3) is 16.2 Å². The average molecular weight is 490 g/mol. The van der Waals surface area contributed by atoms with E-state index in [2.05, 4.69) is 38.3 Å². The molecule has 2 aromatic heterocycles. The molecule has 0 unspecified atom stereocenters. The van der Waals surface area contributed by atoms with Crippen LogP contribution in [0.1, 0.15) is 11.3 Å². The Morgan fingerprint density at radius 3 is 2.63 bits per heavy atom. The van der Waals surface area contributed by atoms with Gasteiger partial charge in [-0.05, 0) is 19.1 Å². The van der Waals surface area contributed by atoms with E-state index < -0.39 is 0 Å². The summed E-state index contributed by atoms with van der Waals surface area (Å²) in [7, 11) is 0. The maximum Gasteiger partial charge on any atom is 0.321 e. The lowest BCUT2D eigenvalue weighted by Gasteiger charge is -2.30. The van der Waals surface area contributed by atoms with E-state index in [-0.39, 0.29) is 6.03 Å². The van der Waals surface area contributed by atoms with Crippen LogP contribution in [-0.4, -0.2) is 71.2 Å². The lowest BCUT2D eigenvalue weighted by atomic mass is 10.2. The number of anilines is 1. The molecule has 182 valence electrons. The van der Waals surface area contributed by atoms with Crippen molar-refractivity contribution in [3.05, 3.63) is 77.4 Å². The summed E-state index contributed by atoms with van der Waals surface area (Å²) < 4.78 is 7.63. The van der Waals surface area contributed by atoms with Gasteiger partial charge in [0.05, 0.1) is 18.9 Å². The number of imidazole rings is 1. The van der Waals surface area contributed by atoms with E-state index in [1.807, 2.05) is 54.3 Å². The van der Waals surface area contributed by atoms with Crippen LogP contribution in [-0.2, 0) is 11.2 Å². The van der Waals surface area contributed by atoms with Crippen LogP contribution >= 0.6 is 11.3 Å². The van der Waals surface area contributed by atoms with E-state index in [1.165, 1.54) is 11.3 Å². The molecule has 35 heavy (non-hydrogen) atoms. The predicted molar refractivity (Wildman–Crippen MR) is 141 cm³/mol. The molecule has 1 saturated heterocycles. The lowest BCUT2D eigenvalue weighted by molar-refractivity contribution is 0.0352. The molecule has 0 radical (unpaired) electrons. The molecule has 3 heterocycles. The van der Waals surface area contributed by atoms with Gasteiger partial charge in [0.2, 0.25) is 0 Å². The Labute approximate surface area is 210 Å². The zero-order valence-corrected chi connectivity index (χ0v) is 20.8. The number of aromatic nitrogens is 2. The quantitative estimate of drug-likeness (QED) is 0.387. The molecule has 2 amide bonds. The van der Waals surface area contributed by atoms with Crippen LogP contribution in [0.3, 0.4) is 0 Å². The summed E-state index contributed by atoms with van der Waals surface area (Å²) in [5.41, 5.74) is 5.24. The fraction of sp³-hybridized carbons (Fsp3) is 0.333. The summed E-state index contributed by atoms with van der Waals surface area (Å²) in [6.07, 6.45) is 2.86. The van der Waals surface area contributed by atoms with Crippen molar-refractivity contribution >= 4 is 28.0 Å². The number of benzene rings is 2. The first kappa shape index (κ1) is 23.5. The third-order valence-corrected chi connectivity index (χ3v) is 7.26. The molecule has 2 aromatic carbocycles. The fourth-order valence-corrected chi connectivity index (χ4v) is 5.16. The monoisotopic (exact) mass is 489 g/mol. The zero-order valence-electron chi connectivity index (χ0n) is 20.0. The molecule has 1 aliphatic rings. The normalized spacial score (nSPS) is 14.3. The number of ether oxygens (including phenoxy) is 1. The first-order valence-corrected chi connectivity index (χ1v) is 13.0. The van der Waals surface area contributed by atoms with Gasteiger partial charge in [-0.15, -0.1) is 11.3 Å². The number of hydrogen-bond acceptors (Lipinski definition) is 5. The Balaban J connectivity index is 1.28. The van der Waals surface area contributed by atoms with Crippen molar-refractivity contribution in [2.75, 3.05) is 51.3 Å². The topological polar surface area (TPSA) is 62.1 Å². The van der Waals surface area contributed by atoms with Crippen LogP contribution in [0.4, 0.5) is 10.5 Å². The van der Waals surface area contributed by atoms with Crippen LogP contribution in [0.2, 0.25) is 0 Å². The molecule has 7 nitrogen and oxygen atoms in total. The third kappa shape index (κ3) is 5.90. The number of carbonyl (C=O) groups is 1. The number of aryl methyl sites for hydroxylation is 1. The summed E-state index contributed by atoms with van der Waals surface area (Å²) >= 11 is 1.64. The lowest BCUT2D eigenvalue weighted by Crippen LogP contribution is -2.45. The summed E-state index contributed by atoms with van der Waals surface area (Å²) in [6, 6.07) is 18.1. The number of hydrogen-bond donors (Lipinski definition) is 1. The second-order valence-corrected chi connectivity index (χ2v) is 9.70. The highest BCUT2D eigenvalue weighted by Crippen LogP contribution is 2.24. The molecule has 0 aliphatic carbocycles. The van der Waals surface area contributed by atoms with Gasteiger partial charge < -0.3 is 15.0 Å². The summed E-state index contributed by atoms with van der Waals surface area (Å²) in [6.45, 7) is 7.52. The molecular weight excluding hydrogens is 458 g/mol. The van der Waals surface area contributed by atoms with Crippen LogP contribution < -0.4 is 5.32 Å². The minimum absolute atomic E-state index is 0.0656. The van der Waals surface area contributed by atoms with Gasteiger partial charge in [-0.1, -0.05) is 48.0 Å². The summed E-state index contributed by atoms with van der Waals surface area (Å²) in [4.78, 5) is 23.3. The number of urea groups is 1. The Kier molecular flexibility index (Phi) is 7.42. The number of morpholine rings is 1. The molecular formula is C27H31N5O2S. The van der Waals surface area contributed by atoms with Crippen LogP contribution in [0, 0.1) is 6.92 Å². The first-order valence-electron chi connectivity index (χ1n) is 12.1. The smallest absolute Gasteiger partial charge is 0.321 e. The number of amides is 2. The number of thiazole rings is 1. The predicted octanol–water partition coefficient (Wildman–Crippen LogP) is 4.78. The average Bonchev–Trinajstić information content (AvgIpc) is 3.48. The van der Waals surface area contributed by atoms with Gasteiger partial charge in [0, 0.05) is 67.7 Å². The molecule has 0 bridgehead atoms. The molecule has 4 aromatic rings. The maximum absolute atomic E-state index is 13.2. The highest BCUT2D eigenvalue weighted by molar-refractivity contribution is 7.15. The van der Waals surface area contributed by atoms with E-state index in [0.717, 1.165) is 61.2 Å². The number of rotatable bonds is 8. The SMILES string of the molecule is Cc1ccc(NC(=O)N(CCc2csc3nc(-c4ccccc4)cn23)CCN2CCOCC2)cc1. The Bertz CT molecular complexity index is 1250. The van der Waals surface area contributed by atoms with Crippen molar-refractivity contribution in [1.82, 2.24) is 19.2 Å². The van der Waals surface area contributed by atoms with Crippen LogP contribution in [0.5, 0.6) is 0 Å². The van der Waals surface area contributed by atoms with Crippen molar-refractivity contribution in [1.29, 1.82) is 0 Å². The van der Waals surface area contributed by atoms with Crippen molar-refractivity contribution in [2.45, 2.75) is 13.3 Å². The van der Waals surface area contributed by atoms with Gasteiger partial charge in [-0.3, -0.25) is 9.30 Å². The second kappa shape index (κ2) is 11.0. The summed E-state index contributed by atoms with van der Waals surface area (Å²) in [5.74, 6) is 0. The highest BCUT2D eigenvalue weighted by atomic mass is 32.1. The molecule has 1 aliphatic heterocycles. The first-order chi connectivity index (χ1) is 17.2. The van der Waals surface area contributed by atoms with Gasteiger partial charge in [0.15, 0.2) is 4.96 Å². The maximum atomic E-state index is 13.2. The molecule has 8 heteroatoms. The molecule has 1 fully saturated rings. The Hall–Kier alpha value is -3.20. The van der Waals surface area contributed by atoms with E-state index in [0.29, 0.717) is 13.1 Å². The van der Waals surface area contributed by atoms with Crippen molar-refractivity contribution in [2.24, 2.45) is 0 Å². The Morgan fingerprint density at radius 2 is 1.86 bits per heavy atom. The largest absolute Gasteiger partial charge is 0.379 e. The highest BCUT2D eigenvalue weighted by Gasteiger charge is 2.18. The number of nitrogens with one attached hydrogen (secondary N) is 1. The van der Waals surface area contributed by atoms with Gasteiger partial charge in [0.1, 0.15) is 0 Å². The summed E-state index contributed by atoms with van der Waals surface area (Å²) in [5, 5.41) is 5.23. The van der Waals surface area contributed by atoms with Crippen LogP contribution in [0.15, 0.2) is 66.2 Å². The third-order valence-electron chi connectivity index (χ3n) is 6.37. The van der Waals surface area contributed by atoms with Gasteiger partial charge in [-0.2, -0.15) is 0 Å². The number of nitrogens with zero attached hydrogens (tertiary/aromatic N) is 4. The number of carbonyl (C=O) groups excluding carboxylic acids is 1. The van der Waals surface area contributed by atoms with Crippen molar-refractivity contribution in [3.8, 4) is 11.3 Å². The molecule has 1 N–H and O–H groups in total. The fourth-order valence-electron chi connectivity index (χ4n) is 4.25. The van der Waals surface area contributed by atoms with Gasteiger partial charge >= 0.3 is 6.03 Å². The minimum atomic E-state index is -0.0656. The molecule has 5 rings (SSSR count). The van der Waals surface area contributed by atoms with Gasteiger partial charge in [0.25, 0.3) is 0 Å². The Morgan fingerprint density at radius 1 is 1.09 bits per heavy atom. The molecule has 0 atom stereocenters. The van der Waals surface area contributed by atoms with Crippen molar-refractivity contribution in [3.63, 3.8) is 0 Å². The van der Waals surface area contributed by atoms with E-state index in [4.69, 9.17) is 9.72 Å². The van der Waals surface area contributed by atoms with E-state index in [9.17, 15) is 4.79 Å². The molecule has 0 saturated carbocycles. The van der Waals surface area contributed by atoms with E-state index in [1.54, 1.807) is 11.3 Å². The van der Waals surface area contributed by atoms with Crippen molar-refractivity contribution < 1.29 is 9.53 Å². The standard InChI is InChI=1S/C27H31N5O2S/c1-21-7-9-23(10-8-21)28-26(33)31(14-13-30-15-17-34-18-16-30)12-11-24-20-35-27-29-25(19-32(24)27)22-5-3-2-4-6-22/h2-10,19-20H,11-18H2,1H3,(H,28,33). The number of fused-ring (bicyclic) bond motifs is 1. The minimum Gasteiger partial charge on any atom is -0.379 e. The van der Waals surface area contributed by atoms with Gasteiger partial charge in [-0.25, -0.2) is 9.78 Å². The zero-order chi connectivity index (χ0) is 24.0. The molecule has 0 spiro atoms. The second-order valence-electron chi connectivity index (χ2n) is 8.86.